The number of H-pyrrole nitrogens is 1. The number of hydrogen-bond acceptors (Lipinski definition) is 5. The van der Waals surface area contributed by atoms with Gasteiger partial charge in [0.25, 0.3) is 0 Å². The molecule has 0 aliphatic carbocycles. The average molecular weight is 259 g/mol. The molecule has 3 heterocycles. The van der Waals surface area contributed by atoms with Crippen molar-refractivity contribution in [3.63, 3.8) is 0 Å². The molecule has 0 bridgehead atoms. The van der Waals surface area contributed by atoms with Gasteiger partial charge in [-0.1, -0.05) is 0 Å². The number of aliphatic hydroxyl groups is 1. The van der Waals surface area contributed by atoms with Gasteiger partial charge in [0.2, 0.25) is 0 Å². The Kier molecular flexibility index (Phi) is 2.77. The van der Waals surface area contributed by atoms with Crippen LogP contribution in [0.15, 0.2) is 24.5 Å². The third-order valence-corrected chi connectivity index (χ3v) is 2.92. The van der Waals surface area contributed by atoms with Crippen molar-refractivity contribution in [1.82, 2.24) is 25.0 Å². The summed E-state index contributed by atoms with van der Waals surface area (Å²) in [5, 5.41) is 21.3. The number of nitrogens with one attached hydrogen (secondary N) is 1. The van der Waals surface area contributed by atoms with E-state index in [-0.39, 0.29) is 0 Å². The van der Waals surface area contributed by atoms with Gasteiger partial charge in [0, 0.05) is 31.3 Å². The second kappa shape index (κ2) is 4.45. The highest BCUT2D eigenvalue weighted by Gasteiger charge is 2.15. The molecule has 3 rings (SSSR count). The minimum absolute atomic E-state index is 0.503. The van der Waals surface area contributed by atoms with Crippen molar-refractivity contribution < 1.29 is 9.84 Å². The third kappa shape index (κ3) is 1.98. The molecule has 0 fully saturated rings. The maximum atomic E-state index is 9.67. The molecule has 0 saturated carbocycles. The minimum Gasteiger partial charge on any atom is -0.363 e. The van der Waals surface area contributed by atoms with Gasteiger partial charge in [-0.3, -0.25) is 9.78 Å². The standard InChI is InChI=1S/C12H13N5O2/c1-17-6-7(5-13-17)9-4-3-8-10(12(18)19-2)15-16-11(8)14-9/h3-6,12,18H,1-2H3,(H,14,15,16). The predicted molar refractivity (Wildman–Crippen MR) is 68.1 cm³/mol. The Labute approximate surface area is 108 Å². The van der Waals surface area contributed by atoms with Crippen LogP contribution in [0.1, 0.15) is 12.0 Å². The van der Waals surface area contributed by atoms with Gasteiger partial charge in [0.05, 0.1) is 11.9 Å². The number of methoxy groups -OCH3 is 1. The summed E-state index contributed by atoms with van der Waals surface area (Å²) in [7, 11) is 3.28. The van der Waals surface area contributed by atoms with Crippen LogP contribution in [0.25, 0.3) is 22.3 Å². The number of rotatable bonds is 3. The lowest BCUT2D eigenvalue weighted by Gasteiger charge is -2.05. The molecule has 2 N–H and O–H groups in total. The first-order chi connectivity index (χ1) is 9.19. The fourth-order valence-electron chi connectivity index (χ4n) is 1.94. The predicted octanol–water partition coefficient (Wildman–Crippen LogP) is 0.996. The van der Waals surface area contributed by atoms with Crippen LogP contribution >= 0.6 is 0 Å². The van der Waals surface area contributed by atoms with Crippen molar-refractivity contribution in [3.05, 3.63) is 30.2 Å². The SMILES string of the molecule is COC(O)c1[nH]nc2nc(-c3cnn(C)c3)ccc12. The van der Waals surface area contributed by atoms with Gasteiger partial charge >= 0.3 is 0 Å². The maximum Gasteiger partial charge on any atom is 0.198 e. The summed E-state index contributed by atoms with van der Waals surface area (Å²) in [6.07, 6.45) is 2.59. The molecule has 0 amide bonds. The van der Waals surface area contributed by atoms with Crippen LogP contribution in [0.5, 0.6) is 0 Å². The monoisotopic (exact) mass is 259 g/mol. The van der Waals surface area contributed by atoms with Gasteiger partial charge in [-0.25, -0.2) is 4.98 Å². The zero-order chi connectivity index (χ0) is 13.4. The Balaban J connectivity index is 2.08. The lowest BCUT2D eigenvalue weighted by molar-refractivity contribution is -0.0788. The molecule has 19 heavy (non-hydrogen) atoms. The molecule has 0 saturated heterocycles. The Hall–Kier alpha value is -2.25. The van der Waals surface area contributed by atoms with Crippen LogP contribution in [0.2, 0.25) is 0 Å². The number of ether oxygens (including phenoxy) is 1. The van der Waals surface area contributed by atoms with Crippen molar-refractivity contribution in [2.45, 2.75) is 6.29 Å². The van der Waals surface area contributed by atoms with Crippen LogP contribution in [0.3, 0.4) is 0 Å². The lowest BCUT2D eigenvalue weighted by atomic mass is 10.2. The molecule has 98 valence electrons. The van der Waals surface area contributed by atoms with Crippen LogP contribution in [0.4, 0.5) is 0 Å². The normalized spacial score (nSPS) is 13.0. The summed E-state index contributed by atoms with van der Waals surface area (Å²) in [6, 6.07) is 3.71. The summed E-state index contributed by atoms with van der Waals surface area (Å²) in [5.41, 5.74) is 2.74. The highest BCUT2D eigenvalue weighted by molar-refractivity contribution is 5.80. The molecule has 1 unspecified atom stereocenters. The molecular formula is C12H13N5O2. The highest BCUT2D eigenvalue weighted by Crippen LogP contribution is 2.24. The quantitative estimate of drug-likeness (QED) is 0.685. The molecule has 1 atom stereocenters. The molecule has 0 aliphatic rings. The van der Waals surface area contributed by atoms with Gasteiger partial charge in [-0.2, -0.15) is 10.2 Å². The fourth-order valence-corrected chi connectivity index (χ4v) is 1.94. The highest BCUT2D eigenvalue weighted by atomic mass is 16.6. The van der Waals surface area contributed by atoms with E-state index in [1.165, 1.54) is 7.11 Å². The van der Waals surface area contributed by atoms with E-state index in [4.69, 9.17) is 4.74 Å². The number of pyridine rings is 1. The van der Waals surface area contributed by atoms with E-state index in [0.29, 0.717) is 11.3 Å². The summed E-state index contributed by atoms with van der Waals surface area (Å²) in [5.74, 6) is 0. The summed E-state index contributed by atoms with van der Waals surface area (Å²) < 4.78 is 6.58. The van der Waals surface area contributed by atoms with Gasteiger partial charge in [0.15, 0.2) is 11.9 Å². The van der Waals surface area contributed by atoms with Crippen LogP contribution in [-0.4, -0.2) is 37.2 Å². The van der Waals surface area contributed by atoms with Crippen LogP contribution in [0, 0.1) is 0 Å². The van der Waals surface area contributed by atoms with Crippen molar-refractivity contribution in [2.75, 3.05) is 7.11 Å². The number of hydrogen-bond donors (Lipinski definition) is 2. The molecule has 0 aromatic carbocycles. The number of aromatic nitrogens is 5. The Morgan fingerprint density at radius 1 is 1.42 bits per heavy atom. The molecule has 0 radical (unpaired) electrons. The molecule has 7 heteroatoms. The van der Waals surface area contributed by atoms with Crippen molar-refractivity contribution in [1.29, 1.82) is 0 Å². The Morgan fingerprint density at radius 3 is 2.95 bits per heavy atom. The number of aliphatic hydroxyl groups excluding tert-OH is 1. The molecular weight excluding hydrogens is 246 g/mol. The van der Waals surface area contributed by atoms with Gasteiger partial charge < -0.3 is 9.84 Å². The van der Waals surface area contributed by atoms with E-state index >= 15 is 0 Å². The molecule has 0 spiro atoms. The van der Waals surface area contributed by atoms with E-state index in [1.807, 2.05) is 25.4 Å². The molecule has 3 aromatic heterocycles. The fraction of sp³-hybridized carbons (Fsp3) is 0.250. The smallest absolute Gasteiger partial charge is 0.198 e. The molecule has 7 nitrogen and oxygen atoms in total. The van der Waals surface area contributed by atoms with E-state index in [1.54, 1.807) is 10.9 Å². The zero-order valence-electron chi connectivity index (χ0n) is 10.5. The summed E-state index contributed by atoms with van der Waals surface area (Å²) in [4.78, 5) is 4.43. The number of aryl methyl sites for hydroxylation is 1. The summed E-state index contributed by atoms with van der Waals surface area (Å²) in [6.45, 7) is 0. The van der Waals surface area contributed by atoms with Crippen molar-refractivity contribution in [2.24, 2.45) is 7.05 Å². The van der Waals surface area contributed by atoms with Crippen LogP contribution < -0.4 is 0 Å². The molecule has 0 aliphatic heterocycles. The van der Waals surface area contributed by atoms with Crippen LogP contribution in [-0.2, 0) is 11.8 Å². The average Bonchev–Trinajstić information content (AvgIpc) is 3.03. The van der Waals surface area contributed by atoms with E-state index < -0.39 is 6.29 Å². The largest absolute Gasteiger partial charge is 0.363 e. The first-order valence-corrected chi connectivity index (χ1v) is 5.74. The summed E-state index contributed by atoms with van der Waals surface area (Å²) >= 11 is 0. The maximum absolute atomic E-state index is 9.67. The lowest BCUT2D eigenvalue weighted by Crippen LogP contribution is -2.00. The van der Waals surface area contributed by atoms with E-state index in [0.717, 1.165) is 16.6 Å². The zero-order valence-corrected chi connectivity index (χ0v) is 10.5. The first kappa shape index (κ1) is 11.8. The van der Waals surface area contributed by atoms with E-state index in [2.05, 4.69) is 20.3 Å². The van der Waals surface area contributed by atoms with Gasteiger partial charge in [-0.05, 0) is 12.1 Å². The van der Waals surface area contributed by atoms with Gasteiger partial charge in [-0.15, -0.1) is 0 Å². The van der Waals surface area contributed by atoms with Crippen molar-refractivity contribution in [3.8, 4) is 11.3 Å². The Bertz CT molecular complexity index is 718. The first-order valence-electron chi connectivity index (χ1n) is 5.74. The topological polar surface area (TPSA) is 88.8 Å². The van der Waals surface area contributed by atoms with Crippen molar-refractivity contribution >= 4 is 11.0 Å². The number of nitrogens with zero attached hydrogens (tertiary/aromatic N) is 4. The van der Waals surface area contributed by atoms with Gasteiger partial charge in [0.1, 0.15) is 5.69 Å². The number of aromatic amines is 1. The minimum atomic E-state index is -1.03. The van der Waals surface area contributed by atoms with E-state index in [9.17, 15) is 5.11 Å². The number of fused-ring (bicyclic) bond motifs is 1. The third-order valence-electron chi connectivity index (χ3n) is 2.92. The second-order valence-electron chi connectivity index (χ2n) is 4.20. The Morgan fingerprint density at radius 2 is 2.26 bits per heavy atom. The molecule has 3 aromatic rings. The second-order valence-corrected chi connectivity index (χ2v) is 4.20.